The summed E-state index contributed by atoms with van der Waals surface area (Å²) in [6.45, 7) is 6.39. The Hall–Kier alpha value is -1.71. The first-order valence-electron chi connectivity index (χ1n) is 5.79. The van der Waals surface area contributed by atoms with Crippen molar-refractivity contribution in [2.45, 2.75) is 33.2 Å². The van der Waals surface area contributed by atoms with Crippen molar-refractivity contribution in [2.24, 2.45) is 5.92 Å². The number of carbonyl (C=O) groups is 1. The van der Waals surface area contributed by atoms with Gasteiger partial charge in [0.25, 0.3) is 0 Å². The van der Waals surface area contributed by atoms with Gasteiger partial charge in [-0.2, -0.15) is 0 Å². The molecule has 1 atom stereocenters. The van der Waals surface area contributed by atoms with Crippen LogP contribution in [-0.2, 0) is 0 Å². The number of benzene rings is 1. The molecule has 0 saturated carbocycles. The summed E-state index contributed by atoms with van der Waals surface area (Å²) < 4.78 is 0. The number of carboxylic acid groups (broad SMARTS) is 1. The van der Waals surface area contributed by atoms with E-state index in [0.29, 0.717) is 17.6 Å². The number of nitrogens with one attached hydrogen (secondary N) is 1. The van der Waals surface area contributed by atoms with E-state index in [1.807, 2.05) is 0 Å². The summed E-state index contributed by atoms with van der Waals surface area (Å²) in [5.74, 6) is -0.395. The second-order valence-electron chi connectivity index (χ2n) is 4.78. The quantitative estimate of drug-likeness (QED) is 0.687. The second-order valence-corrected chi connectivity index (χ2v) is 4.78. The molecule has 1 unspecified atom stereocenters. The molecule has 1 aromatic carbocycles. The Bertz CT molecular complexity index is 402. The van der Waals surface area contributed by atoms with Crippen LogP contribution in [0, 0.1) is 5.92 Å². The Morgan fingerprint density at radius 1 is 1.41 bits per heavy atom. The van der Waals surface area contributed by atoms with Gasteiger partial charge in [-0.15, -0.1) is 0 Å². The molecule has 0 bridgehead atoms. The number of rotatable bonds is 5. The molecular formula is C13H20N2O2. The van der Waals surface area contributed by atoms with Crippen LogP contribution in [0.3, 0.4) is 0 Å². The maximum Gasteiger partial charge on any atom is 0.337 e. The van der Waals surface area contributed by atoms with Crippen LogP contribution in [0.4, 0.5) is 11.4 Å². The number of nitrogen functional groups attached to an aromatic ring is 1. The van der Waals surface area contributed by atoms with Crippen LogP contribution in [0.25, 0.3) is 0 Å². The van der Waals surface area contributed by atoms with Gasteiger partial charge in [-0.05, 0) is 37.5 Å². The van der Waals surface area contributed by atoms with Crippen LogP contribution in [0.2, 0.25) is 0 Å². The van der Waals surface area contributed by atoms with Gasteiger partial charge in [0.1, 0.15) is 0 Å². The lowest BCUT2D eigenvalue weighted by Gasteiger charge is -2.17. The molecule has 0 amide bonds. The minimum absolute atomic E-state index is 0.145. The van der Waals surface area contributed by atoms with E-state index in [4.69, 9.17) is 10.8 Å². The molecule has 1 rings (SSSR count). The highest BCUT2D eigenvalue weighted by Gasteiger charge is 2.10. The average molecular weight is 236 g/mol. The third kappa shape index (κ3) is 3.98. The van der Waals surface area contributed by atoms with Crippen molar-refractivity contribution in [1.29, 1.82) is 0 Å². The van der Waals surface area contributed by atoms with Gasteiger partial charge in [-0.25, -0.2) is 4.79 Å². The Kier molecular flexibility index (Phi) is 4.37. The van der Waals surface area contributed by atoms with Crippen molar-refractivity contribution >= 4 is 17.3 Å². The topological polar surface area (TPSA) is 75.3 Å². The summed E-state index contributed by atoms with van der Waals surface area (Å²) in [5.41, 5.74) is 6.83. The summed E-state index contributed by atoms with van der Waals surface area (Å²) in [5, 5.41) is 12.2. The highest BCUT2D eigenvalue weighted by molar-refractivity contribution is 5.94. The molecule has 4 nitrogen and oxygen atoms in total. The highest BCUT2D eigenvalue weighted by Crippen LogP contribution is 2.19. The summed E-state index contributed by atoms with van der Waals surface area (Å²) in [7, 11) is 0. The standard InChI is InChI=1S/C13H20N2O2/c1-8(2)6-9(3)15-10-4-5-12(14)11(7-10)13(16)17/h4-5,7-9,15H,6,14H2,1-3H3,(H,16,17). The van der Waals surface area contributed by atoms with Gasteiger partial charge in [-0.1, -0.05) is 13.8 Å². The molecule has 0 aliphatic rings. The third-order valence-electron chi connectivity index (χ3n) is 2.52. The van der Waals surface area contributed by atoms with Crippen molar-refractivity contribution < 1.29 is 9.90 Å². The van der Waals surface area contributed by atoms with Gasteiger partial charge in [0, 0.05) is 17.4 Å². The minimum atomic E-state index is -0.998. The van der Waals surface area contributed by atoms with Gasteiger partial charge in [0.05, 0.1) is 5.56 Å². The summed E-state index contributed by atoms with van der Waals surface area (Å²) in [4.78, 5) is 10.9. The number of anilines is 2. The fraction of sp³-hybridized carbons (Fsp3) is 0.462. The Morgan fingerprint density at radius 2 is 2.06 bits per heavy atom. The van der Waals surface area contributed by atoms with E-state index in [0.717, 1.165) is 12.1 Å². The molecule has 0 spiro atoms. The molecule has 4 heteroatoms. The van der Waals surface area contributed by atoms with Gasteiger partial charge < -0.3 is 16.2 Å². The maximum atomic E-state index is 10.9. The van der Waals surface area contributed by atoms with Gasteiger partial charge in [-0.3, -0.25) is 0 Å². The van der Waals surface area contributed by atoms with E-state index >= 15 is 0 Å². The molecule has 0 radical (unpaired) electrons. The van der Waals surface area contributed by atoms with E-state index in [1.165, 1.54) is 0 Å². The van der Waals surface area contributed by atoms with E-state index in [2.05, 4.69) is 26.1 Å². The number of hydrogen-bond donors (Lipinski definition) is 3. The van der Waals surface area contributed by atoms with Crippen LogP contribution < -0.4 is 11.1 Å². The lowest BCUT2D eigenvalue weighted by Crippen LogP contribution is -2.17. The fourth-order valence-electron chi connectivity index (χ4n) is 1.88. The van der Waals surface area contributed by atoms with Crippen molar-refractivity contribution in [3.8, 4) is 0 Å². The molecule has 0 aliphatic heterocycles. The lowest BCUT2D eigenvalue weighted by atomic mass is 10.0. The number of nitrogens with two attached hydrogens (primary N) is 1. The predicted octanol–water partition coefficient (Wildman–Crippen LogP) is 2.81. The molecule has 0 saturated heterocycles. The van der Waals surface area contributed by atoms with Crippen LogP contribution >= 0.6 is 0 Å². The molecule has 0 heterocycles. The van der Waals surface area contributed by atoms with Crippen LogP contribution in [0.15, 0.2) is 18.2 Å². The summed E-state index contributed by atoms with van der Waals surface area (Å²) >= 11 is 0. The minimum Gasteiger partial charge on any atom is -0.478 e. The van der Waals surface area contributed by atoms with Crippen molar-refractivity contribution in [2.75, 3.05) is 11.1 Å². The fourth-order valence-corrected chi connectivity index (χ4v) is 1.88. The molecule has 1 aromatic rings. The smallest absolute Gasteiger partial charge is 0.337 e. The molecule has 0 aromatic heterocycles. The average Bonchev–Trinajstić information content (AvgIpc) is 2.19. The first-order valence-corrected chi connectivity index (χ1v) is 5.79. The summed E-state index contributed by atoms with van der Waals surface area (Å²) in [6, 6.07) is 5.31. The summed E-state index contributed by atoms with van der Waals surface area (Å²) in [6.07, 6.45) is 1.03. The molecule has 0 aliphatic carbocycles. The van der Waals surface area contributed by atoms with Gasteiger partial charge >= 0.3 is 5.97 Å². The zero-order chi connectivity index (χ0) is 13.0. The van der Waals surface area contributed by atoms with Crippen LogP contribution in [0.5, 0.6) is 0 Å². The zero-order valence-electron chi connectivity index (χ0n) is 10.5. The van der Waals surface area contributed by atoms with Crippen molar-refractivity contribution in [3.63, 3.8) is 0 Å². The van der Waals surface area contributed by atoms with E-state index in [-0.39, 0.29) is 5.56 Å². The van der Waals surface area contributed by atoms with Crippen molar-refractivity contribution in [3.05, 3.63) is 23.8 Å². The molecule has 4 N–H and O–H groups in total. The van der Waals surface area contributed by atoms with Crippen LogP contribution in [0.1, 0.15) is 37.6 Å². The Labute approximate surface area is 102 Å². The Morgan fingerprint density at radius 3 is 2.59 bits per heavy atom. The first kappa shape index (κ1) is 13.4. The number of aromatic carboxylic acids is 1. The number of carboxylic acids is 1. The predicted molar refractivity (Wildman–Crippen MR) is 70.4 cm³/mol. The van der Waals surface area contributed by atoms with E-state index in [9.17, 15) is 4.79 Å². The van der Waals surface area contributed by atoms with E-state index in [1.54, 1.807) is 18.2 Å². The lowest BCUT2D eigenvalue weighted by molar-refractivity contribution is 0.0698. The first-order chi connectivity index (χ1) is 7.90. The highest BCUT2D eigenvalue weighted by atomic mass is 16.4. The van der Waals surface area contributed by atoms with E-state index < -0.39 is 5.97 Å². The molecule has 17 heavy (non-hydrogen) atoms. The maximum absolute atomic E-state index is 10.9. The van der Waals surface area contributed by atoms with Crippen LogP contribution in [-0.4, -0.2) is 17.1 Å². The molecular weight excluding hydrogens is 216 g/mol. The van der Waals surface area contributed by atoms with Gasteiger partial charge in [0.15, 0.2) is 0 Å². The normalized spacial score (nSPS) is 12.5. The largest absolute Gasteiger partial charge is 0.478 e. The second kappa shape index (κ2) is 5.57. The Balaban J connectivity index is 2.79. The monoisotopic (exact) mass is 236 g/mol. The SMILES string of the molecule is CC(C)CC(C)Nc1ccc(N)c(C(=O)O)c1. The number of hydrogen-bond acceptors (Lipinski definition) is 3. The van der Waals surface area contributed by atoms with Gasteiger partial charge in [0.2, 0.25) is 0 Å². The van der Waals surface area contributed by atoms with Crippen molar-refractivity contribution in [1.82, 2.24) is 0 Å². The third-order valence-corrected chi connectivity index (χ3v) is 2.52. The molecule has 0 fully saturated rings. The molecule has 94 valence electrons. The zero-order valence-corrected chi connectivity index (χ0v) is 10.5.